The molecule has 0 aliphatic heterocycles. The SMILES string of the molecule is C=C[Si](C=C)(C=C)OC1C2CC3CC(C2)CC1C3. The summed E-state index contributed by atoms with van der Waals surface area (Å²) in [4.78, 5) is 0. The van der Waals surface area contributed by atoms with Crippen LogP contribution in [0.2, 0.25) is 0 Å². The lowest BCUT2D eigenvalue weighted by Crippen LogP contribution is -2.53. The molecule has 0 heterocycles. The summed E-state index contributed by atoms with van der Waals surface area (Å²) in [6, 6.07) is 0. The Morgan fingerprint density at radius 1 is 0.778 bits per heavy atom. The first-order chi connectivity index (χ1) is 8.69. The zero-order valence-electron chi connectivity index (χ0n) is 11.2. The van der Waals surface area contributed by atoms with Crippen LogP contribution < -0.4 is 0 Å². The predicted molar refractivity (Wildman–Crippen MR) is 78.3 cm³/mol. The first-order valence-corrected chi connectivity index (χ1v) is 9.42. The highest BCUT2D eigenvalue weighted by atomic mass is 28.4. The van der Waals surface area contributed by atoms with Gasteiger partial charge in [-0.1, -0.05) is 17.1 Å². The Balaban J connectivity index is 1.79. The van der Waals surface area contributed by atoms with Crippen LogP contribution in [0.4, 0.5) is 0 Å². The molecule has 18 heavy (non-hydrogen) atoms. The van der Waals surface area contributed by atoms with Gasteiger partial charge in [-0.2, -0.15) is 0 Å². The fourth-order valence-corrected chi connectivity index (χ4v) is 6.34. The van der Waals surface area contributed by atoms with E-state index in [4.69, 9.17) is 4.43 Å². The third kappa shape index (κ3) is 1.86. The normalized spacial score (nSPS) is 41.7. The van der Waals surface area contributed by atoms with Crippen molar-refractivity contribution in [3.8, 4) is 0 Å². The van der Waals surface area contributed by atoms with E-state index in [1.54, 1.807) is 0 Å². The Morgan fingerprint density at radius 2 is 1.22 bits per heavy atom. The van der Waals surface area contributed by atoms with Crippen molar-refractivity contribution in [3.63, 3.8) is 0 Å². The third-order valence-electron chi connectivity index (χ3n) is 5.44. The first kappa shape index (κ1) is 12.4. The largest absolute Gasteiger partial charge is 0.402 e. The van der Waals surface area contributed by atoms with Gasteiger partial charge in [-0.05, 0) is 55.8 Å². The number of hydrogen-bond donors (Lipinski definition) is 0. The van der Waals surface area contributed by atoms with E-state index in [-0.39, 0.29) is 0 Å². The summed E-state index contributed by atoms with van der Waals surface area (Å²) >= 11 is 0. The summed E-state index contributed by atoms with van der Waals surface area (Å²) in [5, 5.41) is 0. The van der Waals surface area contributed by atoms with E-state index in [2.05, 4.69) is 19.7 Å². The second kappa shape index (κ2) is 4.50. The smallest absolute Gasteiger partial charge is 0.265 e. The van der Waals surface area contributed by atoms with Crippen molar-refractivity contribution in [1.29, 1.82) is 0 Å². The second-order valence-corrected chi connectivity index (χ2v) is 9.65. The average molecular weight is 260 g/mol. The van der Waals surface area contributed by atoms with Crippen LogP contribution in [0.5, 0.6) is 0 Å². The minimum atomic E-state index is -2.09. The molecule has 0 aromatic rings. The molecule has 4 saturated carbocycles. The summed E-state index contributed by atoms with van der Waals surface area (Å²) in [7, 11) is -2.09. The zero-order valence-corrected chi connectivity index (χ0v) is 12.2. The van der Waals surface area contributed by atoms with E-state index in [1.807, 2.05) is 17.1 Å². The summed E-state index contributed by atoms with van der Waals surface area (Å²) < 4.78 is 6.55. The fourth-order valence-electron chi connectivity index (χ4n) is 4.70. The van der Waals surface area contributed by atoms with Crippen molar-refractivity contribution < 1.29 is 4.43 Å². The lowest BCUT2D eigenvalue weighted by atomic mass is 9.55. The maximum absolute atomic E-state index is 6.55. The highest BCUT2D eigenvalue weighted by molar-refractivity contribution is 6.87. The van der Waals surface area contributed by atoms with Gasteiger partial charge in [0.15, 0.2) is 0 Å². The van der Waals surface area contributed by atoms with Gasteiger partial charge in [-0.3, -0.25) is 0 Å². The van der Waals surface area contributed by atoms with E-state index in [9.17, 15) is 0 Å². The molecular formula is C16H24OSi. The molecule has 0 N–H and O–H groups in total. The van der Waals surface area contributed by atoms with Crippen molar-refractivity contribution in [1.82, 2.24) is 0 Å². The van der Waals surface area contributed by atoms with Crippen molar-refractivity contribution in [2.75, 3.05) is 0 Å². The van der Waals surface area contributed by atoms with Crippen LogP contribution in [-0.4, -0.2) is 14.4 Å². The second-order valence-electron chi connectivity index (χ2n) is 6.48. The summed E-state index contributed by atoms with van der Waals surface area (Å²) in [5.41, 5.74) is 5.91. The Hall–Kier alpha value is -0.603. The van der Waals surface area contributed by atoms with E-state index in [0.29, 0.717) is 6.10 Å². The Bertz CT molecular complexity index is 324. The van der Waals surface area contributed by atoms with Gasteiger partial charge in [0.25, 0.3) is 8.32 Å². The van der Waals surface area contributed by atoms with E-state index >= 15 is 0 Å². The van der Waals surface area contributed by atoms with Gasteiger partial charge in [0.05, 0.1) is 6.10 Å². The minimum absolute atomic E-state index is 0.457. The predicted octanol–water partition coefficient (Wildman–Crippen LogP) is 3.95. The molecule has 4 aliphatic carbocycles. The van der Waals surface area contributed by atoms with Gasteiger partial charge in [-0.15, -0.1) is 19.7 Å². The highest BCUT2D eigenvalue weighted by Gasteiger charge is 2.50. The van der Waals surface area contributed by atoms with E-state index in [0.717, 1.165) is 23.7 Å². The third-order valence-corrected chi connectivity index (χ3v) is 8.03. The van der Waals surface area contributed by atoms with Crippen molar-refractivity contribution in [3.05, 3.63) is 36.8 Å². The van der Waals surface area contributed by atoms with Crippen LogP contribution in [0.25, 0.3) is 0 Å². The zero-order chi connectivity index (χ0) is 12.8. The molecule has 0 unspecified atom stereocenters. The quantitative estimate of drug-likeness (QED) is 0.680. The van der Waals surface area contributed by atoms with Gasteiger partial charge in [0, 0.05) is 0 Å². The molecule has 4 bridgehead atoms. The molecule has 4 rings (SSSR count). The molecule has 4 fully saturated rings. The van der Waals surface area contributed by atoms with Crippen molar-refractivity contribution in [2.24, 2.45) is 23.7 Å². The van der Waals surface area contributed by atoms with E-state index in [1.165, 1.54) is 32.1 Å². The molecule has 0 spiro atoms. The Kier molecular flexibility index (Phi) is 3.11. The van der Waals surface area contributed by atoms with Crippen LogP contribution in [0.3, 0.4) is 0 Å². The lowest BCUT2D eigenvalue weighted by molar-refractivity contribution is -0.0812. The molecular weight excluding hydrogens is 236 g/mol. The van der Waals surface area contributed by atoms with Gasteiger partial charge in [0.2, 0.25) is 0 Å². The van der Waals surface area contributed by atoms with Gasteiger partial charge in [-0.25, -0.2) is 0 Å². The van der Waals surface area contributed by atoms with Gasteiger partial charge < -0.3 is 4.43 Å². The first-order valence-electron chi connectivity index (χ1n) is 7.28. The maximum Gasteiger partial charge on any atom is 0.265 e. The molecule has 0 atom stereocenters. The van der Waals surface area contributed by atoms with Crippen LogP contribution in [0, 0.1) is 23.7 Å². The molecule has 2 heteroatoms. The monoisotopic (exact) mass is 260 g/mol. The molecule has 4 aliphatic rings. The maximum atomic E-state index is 6.55. The average Bonchev–Trinajstić information content (AvgIpc) is 2.38. The molecule has 0 aromatic heterocycles. The molecule has 0 radical (unpaired) electrons. The Labute approximate surface area is 112 Å². The minimum Gasteiger partial charge on any atom is -0.402 e. The summed E-state index contributed by atoms with van der Waals surface area (Å²) in [5.74, 6) is 3.60. The molecule has 0 saturated heterocycles. The van der Waals surface area contributed by atoms with Crippen LogP contribution in [0.1, 0.15) is 32.1 Å². The van der Waals surface area contributed by atoms with Crippen LogP contribution >= 0.6 is 0 Å². The van der Waals surface area contributed by atoms with Gasteiger partial charge >= 0.3 is 0 Å². The molecule has 0 amide bonds. The van der Waals surface area contributed by atoms with Gasteiger partial charge in [0.1, 0.15) is 0 Å². The molecule has 98 valence electrons. The molecule has 0 aromatic carbocycles. The van der Waals surface area contributed by atoms with Crippen molar-refractivity contribution >= 4 is 8.32 Å². The lowest BCUT2D eigenvalue weighted by Gasteiger charge is -2.55. The topological polar surface area (TPSA) is 9.23 Å². The van der Waals surface area contributed by atoms with Crippen molar-refractivity contribution in [2.45, 2.75) is 38.2 Å². The summed E-state index contributed by atoms with van der Waals surface area (Å²) in [6.45, 7) is 11.9. The summed E-state index contributed by atoms with van der Waals surface area (Å²) in [6.07, 6.45) is 7.54. The molecule has 1 nitrogen and oxygen atoms in total. The fraction of sp³-hybridized carbons (Fsp3) is 0.625. The standard InChI is InChI=1S/C16H24OSi/c1-4-18(5-2,6-3)17-16-14-8-12-7-13(10-14)11-15(16)9-12/h4-6,12-16H,1-3,7-11H2. The Morgan fingerprint density at radius 3 is 1.61 bits per heavy atom. The van der Waals surface area contributed by atoms with Crippen LogP contribution in [-0.2, 0) is 4.43 Å². The highest BCUT2D eigenvalue weighted by Crippen LogP contribution is 2.55. The number of hydrogen-bond acceptors (Lipinski definition) is 1. The van der Waals surface area contributed by atoms with E-state index < -0.39 is 8.32 Å². The number of rotatable bonds is 5. The van der Waals surface area contributed by atoms with Crippen LogP contribution in [0.15, 0.2) is 36.8 Å².